The van der Waals surface area contributed by atoms with Crippen LogP contribution in [0.5, 0.6) is 5.75 Å². The lowest BCUT2D eigenvalue weighted by Crippen LogP contribution is -2.27. The van der Waals surface area contributed by atoms with Crippen molar-refractivity contribution in [3.8, 4) is 5.75 Å². The van der Waals surface area contributed by atoms with Crippen LogP contribution in [0.1, 0.15) is 63.5 Å². The summed E-state index contributed by atoms with van der Waals surface area (Å²) < 4.78 is 11.4. The van der Waals surface area contributed by atoms with Gasteiger partial charge in [0.2, 0.25) is 0 Å². The van der Waals surface area contributed by atoms with Crippen molar-refractivity contribution < 1.29 is 9.47 Å². The number of rotatable bonds is 7. The molecule has 0 spiro atoms. The fourth-order valence-electron chi connectivity index (χ4n) is 3.67. The third-order valence-corrected chi connectivity index (χ3v) is 5.28. The van der Waals surface area contributed by atoms with Crippen LogP contribution >= 0.6 is 0 Å². The first kappa shape index (κ1) is 16.8. The zero-order valence-electron chi connectivity index (χ0n) is 14.4. The average Bonchev–Trinajstić information content (AvgIpc) is 3.13. The molecule has 2 aliphatic rings. The fourth-order valence-corrected chi connectivity index (χ4v) is 3.67. The number of hydrogen-bond donors (Lipinski definition) is 1. The van der Waals surface area contributed by atoms with Gasteiger partial charge in [-0.15, -0.1) is 0 Å². The van der Waals surface area contributed by atoms with Crippen molar-refractivity contribution in [1.82, 2.24) is 5.32 Å². The summed E-state index contributed by atoms with van der Waals surface area (Å²) in [4.78, 5) is 0. The van der Waals surface area contributed by atoms with Gasteiger partial charge < -0.3 is 14.8 Å². The predicted molar refractivity (Wildman–Crippen MR) is 93.9 cm³/mol. The minimum atomic E-state index is 0.283. The lowest BCUT2D eigenvalue weighted by Gasteiger charge is -2.24. The summed E-state index contributed by atoms with van der Waals surface area (Å²) >= 11 is 0. The van der Waals surface area contributed by atoms with Gasteiger partial charge >= 0.3 is 0 Å². The van der Waals surface area contributed by atoms with Gasteiger partial charge in [0.25, 0.3) is 0 Å². The van der Waals surface area contributed by atoms with Crippen molar-refractivity contribution in [1.29, 1.82) is 0 Å². The highest BCUT2D eigenvalue weighted by Gasteiger charge is 2.16. The van der Waals surface area contributed by atoms with E-state index in [0.717, 1.165) is 37.7 Å². The van der Waals surface area contributed by atoms with E-state index < -0.39 is 0 Å². The average molecular weight is 317 g/mol. The minimum Gasteiger partial charge on any atom is -0.491 e. The van der Waals surface area contributed by atoms with Gasteiger partial charge in [-0.1, -0.05) is 31.4 Å². The lowest BCUT2D eigenvalue weighted by molar-refractivity contribution is 0.0679. The van der Waals surface area contributed by atoms with Gasteiger partial charge in [0.15, 0.2) is 0 Å². The van der Waals surface area contributed by atoms with E-state index >= 15 is 0 Å². The second kappa shape index (κ2) is 8.70. The third-order valence-electron chi connectivity index (χ3n) is 5.28. The molecule has 1 saturated heterocycles. The summed E-state index contributed by atoms with van der Waals surface area (Å²) in [6.45, 7) is 4.97. The maximum Gasteiger partial charge on any atom is 0.119 e. The first-order valence-corrected chi connectivity index (χ1v) is 9.39. The number of ether oxygens (including phenoxy) is 2. The molecule has 128 valence electrons. The Balaban J connectivity index is 1.42. The van der Waals surface area contributed by atoms with E-state index in [1.807, 2.05) is 0 Å². The van der Waals surface area contributed by atoms with Gasteiger partial charge in [0.1, 0.15) is 12.4 Å². The highest BCUT2D eigenvalue weighted by molar-refractivity contribution is 5.29. The Kier molecular flexibility index (Phi) is 6.35. The monoisotopic (exact) mass is 317 g/mol. The van der Waals surface area contributed by atoms with Crippen molar-refractivity contribution >= 4 is 0 Å². The summed E-state index contributed by atoms with van der Waals surface area (Å²) in [5.41, 5.74) is 1.34. The maximum atomic E-state index is 5.83. The summed E-state index contributed by atoms with van der Waals surface area (Å²) in [5.74, 6) is 1.82. The summed E-state index contributed by atoms with van der Waals surface area (Å²) in [5, 5.41) is 3.70. The number of hydrogen-bond acceptors (Lipinski definition) is 3. The zero-order valence-corrected chi connectivity index (χ0v) is 14.4. The smallest absolute Gasteiger partial charge is 0.119 e. The summed E-state index contributed by atoms with van der Waals surface area (Å²) in [6, 6.07) is 8.95. The predicted octanol–water partition coefficient (Wildman–Crippen LogP) is 4.48. The molecule has 3 rings (SSSR count). The van der Waals surface area contributed by atoms with Crippen LogP contribution in [0.3, 0.4) is 0 Å². The van der Waals surface area contributed by atoms with E-state index in [1.54, 1.807) is 0 Å². The van der Waals surface area contributed by atoms with Crippen molar-refractivity contribution in [2.45, 2.75) is 64.0 Å². The molecular formula is C20H31NO2. The largest absolute Gasteiger partial charge is 0.491 e. The van der Waals surface area contributed by atoms with Gasteiger partial charge in [0.05, 0.1) is 6.10 Å². The van der Waals surface area contributed by atoms with Gasteiger partial charge in [-0.05, 0) is 62.8 Å². The molecule has 0 radical (unpaired) electrons. The minimum absolute atomic E-state index is 0.283. The topological polar surface area (TPSA) is 30.5 Å². The third kappa shape index (κ3) is 5.22. The molecule has 1 aliphatic heterocycles. The van der Waals surface area contributed by atoms with E-state index in [1.165, 1.54) is 37.7 Å². The van der Waals surface area contributed by atoms with E-state index in [9.17, 15) is 0 Å². The van der Waals surface area contributed by atoms with Gasteiger partial charge in [-0.3, -0.25) is 0 Å². The maximum absolute atomic E-state index is 5.83. The van der Waals surface area contributed by atoms with Gasteiger partial charge in [0, 0.05) is 12.6 Å². The molecule has 3 heteroatoms. The molecule has 3 nitrogen and oxygen atoms in total. The molecule has 1 aromatic rings. The van der Waals surface area contributed by atoms with Crippen molar-refractivity contribution in [3.05, 3.63) is 29.8 Å². The molecule has 0 amide bonds. The SMILES string of the molecule is CC(NCC1CCCCC1)c1ccc(OCC2CCCO2)cc1. The van der Waals surface area contributed by atoms with Crippen molar-refractivity contribution in [3.63, 3.8) is 0 Å². The zero-order chi connectivity index (χ0) is 15.9. The van der Waals surface area contributed by atoms with Crippen LogP contribution < -0.4 is 10.1 Å². The van der Waals surface area contributed by atoms with Crippen LogP contribution in [0, 0.1) is 5.92 Å². The fraction of sp³-hybridized carbons (Fsp3) is 0.700. The highest BCUT2D eigenvalue weighted by Crippen LogP contribution is 2.24. The van der Waals surface area contributed by atoms with Crippen molar-refractivity contribution in [2.75, 3.05) is 19.8 Å². The molecule has 0 aromatic heterocycles. The normalized spacial score (nSPS) is 23.8. The summed E-state index contributed by atoms with van der Waals surface area (Å²) in [7, 11) is 0. The van der Waals surface area contributed by atoms with E-state index in [2.05, 4.69) is 36.5 Å². The Morgan fingerprint density at radius 2 is 1.87 bits per heavy atom. The van der Waals surface area contributed by atoms with Crippen molar-refractivity contribution in [2.24, 2.45) is 5.92 Å². The van der Waals surface area contributed by atoms with Crippen LogP contribution in [0.2, 0.25) is 0 Å². The van der Waals surface area contributed by atoms with Gasteiger partial charge in [-0.25, -0.2) is 0 Å². The molecule has 23 heavy (non-hydrogen) atoms. The Bertz CT molecular complexity index is 447. The number of benzene rings is 1. The Morgan fingerprint density at radius 1 is 1.09 bits per heavy atom. The Morgan fingerprint density at radius 3 is 2.57 bits per heavy atom. The van der Waals surface area contributed by atoms with E-state index in [4.69, 9.17) is 9.47 Å². The van der Waals surface area contributed by atoms with E-state index in [0.29, 0.717) is 12.6 Å². The second-order valence-electron chi connectivity index (χ2n) is 7.15. The number of nitrogens with one attached hydrogen (secondary N) is 1. The molecule has 2 fully saturated rings. The summed E-state index contributed by atoms with van der Waals surface area (Å²) in [6.07, 6.45) is 9.63. The molecule has 1 heterocycles. The first-order chi connectivity index (χ1) is 11.3. The van der Waals surface area contributed by atoms with Crippen LogP contribution in [-0.4, -0.2) is 25.9 Å². The van der Waals surface area contributed by atoms with Gasteiger partial charge in [-0.2, -0.15) is 0 Å². The standard InChI is InChI=1S/C20H31NO2/c1-16(21-14-17-6-3-2-4-7-17)18-9-11-19(12-10-18)23-15-20-8-5-13-22-20/h9-12,16-17,20-21H,2-8,13-15H2,1H3. The Hall–Kier alpha value is -1.06. The highest BCUT2D eigenvalue weighted by atomic mass is 16.5. The Labute approximate surface area is 140 Å². The van der Waals surface area contributed by atoms with Crippen LogP contribution in [0.25, 0.3) is 0 Å². The molecule has 2 unspecified atom stereocenters. The van der Waals surface area contributed by atoms with Crippen LogP contribution in [-0.2, 0) is 4.74 Å². The quantitative estimate of drug-likeness (QED) is 0.804. The molecule has 0 bridgehead atoms. The van der Waals surface area contributed by atoms with Crippen LogP contribution in [0.15, 0.2) is 24.3 Å². The van der Waals surface area contributed by atoms with E-state index in [-0.39, 0.29) is 6.10 Å². The molecule has 1 aliphatic carbocycles. The molecule has 1 N–H and O–H groups in total. The molecule has 2 atom stereocenters. The first-order valence-electron chi connectivity index (χ1n) is 9.39. The molecule has 1 saturated carbocycles. The van der Waals surface area contributed by atoms with Crippen LogP contribution in [0.4, 0.5) is 0 Å². The lowest BCUT2D eigenvalue weighted by atomic mass is 9.89. The second-order valence-corrected chi connectivity index (χ2v) is 7.15. The molecule has 1 aromatic carbocycles. The molecular weight excluding hydrogens is 286 g/mol.